The molecule has 1 unspecified atom stereocenters. The molecule has 0 aliphatic carbocycles. The van der Waals surface area contributed by atoms with Crippen molar-refractivity contribution in [3.05, 3.63) is 60.7 Å². The molecule has 2 nitrogen and oxygen atoms in total. The van der Waals surface area contributed by atoms with E-state index in [-0.39, 0.29) is 5.48 Å². The van der Waals surface area contributed by atoms with E-state index in [1.807, 2.05) is 6.07 Å². The summed E-state index contributed by atoms with van der Waals surface area (Å²) in [5.41, 5.74) is 0. The molecule has 0 aliphatic heterocycles. The summed E-state index contributed by atoms with van der Waals surface area (Å²) < 4.78 is 11.5. The summed E-state index contributed by atoms with van der Waals surface area (Å²) in [5, 5.41) is 0. The van der Waals surface area contributed by atoms with Crippen LogP contribution < -0.4 is 7.16 Å². The van der Waals surface area contributed by atoms with E-state index in [9.17, 15) is 0 Å². The predicted molar refractivity (Wildman–Crippen MR) is 95.2 cm³/mol. The van der Waals surface area contributed by atoms with Crippen LogP contribution in [0, 0.1) is 0 Å². The van der Waals surface area contributed by atoms with E-state index < -0.39 is 37.8 Å². The van der Waals surface area contributed by atoms with Crippen molar-refractivity contribution in [3.8, 4) is 0 Å². The van der Waals surface area contributed by atoms with Crippen molar-refractivity contribution in [2.45, 2.75) is 22.7 Å². The number of hydrogen-bond acceptors (Lipinski definition) is 1. The molecule has 5 heteroatoms. The van der Waals surface area contributed by atoms with Crippen LogP contribution in [0.3, 0.4) is 0 Å². The second-order valence-corrected chi connectivity index (χ2v) is 27.2. The number of hydrogen-bond donors (Lipinski definition) is 0. The van der Waals surface area contributed by atoms with Crippen LogP contribution >= 0.6 is 8.92 Å². The van der Waals surface area contributed by atoms with Crippen LogP contribution in [0.2, 0.25) is 8.87 Å². The van der Waals surface area contributed by atoms with Crippen molar-refractivity contribution in [1.82, 2.24) is 0 Å². The predicted octanol–water partition coefficient (Wildman–Crippen LogP) is 2.71. The Labute approximate surface area is 143 Å². The van der Waals surface area contributed by atoms with E-state index in [1.165, 1.54) is 7.16 Å². The molecule has 0 saturated carbocycles. The average molecular weight is 519 g/mol. The van der Waals surface area contributed by atoms with Gasteiger partial charge in [-0.3, -0.25) is 0 Å². The Morgan fingerprint density at radius 3 is 1.95 bits per heavy atom. The van der Waals surface area contributed by atoms with E-state index >= 15 is 0 Å². The first-order chi connectivity index (χ1) is 9.69. The Morgan fingerprint density at radius 2 is 1.48 bits per heavy atom. The minimum absolute atomic E-state index is 0. The molecule has 1 radical (unpaired) electrons. The van der Waals surface area contributed by atoms with Crippen LogP contribution in [-0.4, -0.2) is 43.3 Å². The van der Waals surface area contributed by atoms with Gasteiger partial charge in [0, 0.05) is 0 Å². The molecule has 0 aromatic heterocycles. The maximum atomic E-state index is 7.01. The van der Waals surface area contributed by atoms with Crippen molar-refractivity contribution >= 4 is 53.9 Å². The molecule has 21 heavy (non-hydrogen) atoms. The topological polar surface area (TPSA) is 40.7 Å². The molecule has 2 N–H and O–H groups in total. The van der Waals surface area contributed by atoms with Crippen molar-refractivity contribution in [1.29, 1.82) is 0 Å². The fraction of sp³-hybridized carbons (Fsp3) is 0.250. The van der Waals surface area contributed by atoms with Gasteiger partial charge in [0.05, 0.1) is 0 Å². The van der Waals surface area contributed by atoms with Gasteiger partial charge in [-0.05, 0) is 0 Å². The van der Waals surface area contributed by atoms with Gasteiger partial charge < -0.3 is 5.48 Å². The Balaban J connectivity index is 0.00000220. The molecule has 0 saturated heterocycles. The van der Waals surface area contributed by atoms with E-state index in [4.69, 9.17) is 10.3 Å². The first-order valence-electron chi connectivity index (χ1n) is 7.04. The van der Waals surface area contributed by atoms with Gasteiger partial charge >= 0.3 is 139 Å². The molecule has 0 fully saturated rings. The average Bonchev–Trinajstić information content (AvgIpc) is 2.54. The largest absolute Gasteiger partial charge is 0.412 e. The monoisotopic (exact) mass is 521 g/mol. The van der Waals surface area contributed by atoms with Crippen LogP contribution in [-0.2, 0) is 1.41 Å². The molecule has 1 atom stereocenters. The van der Waals surface area contributed by atoms with Crippen molar-refractivity contribution < 1.29 is 6.89 Å². The third-order valence-electron chi connectivity index (χ3n) is 3.36. The summed E-state index contributed by atoms with van der Waals surface area (Å²) in [6.07, 6.45) is 0. The van der Waals surface area contributed by atoms with E-state index in [2.05, 4.69) is 68.4 Å². The summed E-state index contributed by atoms with van der Waals surface area (Å²) >= 11 is -5.20. The summed E-state index contributed by atoms with van der Waals surface area (Å²) in [7, 11) is 7.01. The zero-order chi connectivity index (χ0) is 14.4. The fourth-order valence-electron chi connectivity index (χ4n) is 2.18. The summed E-state index contributed by atoms with van der Waals surface area (Å²) in [5.74, 6) is 0. The second kappa shape index (κ2) is 9.40. The van der Waals surface area contributed by atoms with E-state index in [0.29, 0.717) is 0 Å². The van der Waals surface area contributed by atoms with Gasteiger partial charge in [0.25, 0.3) is 0 Å². The molecular weight excluding hydrogens is 497 g/mol. The Kier molecular flexibility index (Phi) is 8.64. The Bertz CT molecular complexity index is 524. The molecule has 2 rings (SSSR count). The van der Waals surface area contributed by atoms with Gasteiger partial charge in [-0.1, -0.05) is 0 Å². The maximum absolute atomic E-state index is 7.01. The van der Waals surface area contributed by atoms with Gasteiger partial charge in [-0.25, -0.2) is 0 Å². The smallest absolute Gasteiger partial charge is 0.412 e. The number of benzene rings is 2. The summed E-state index contributed by atoms with van der Waals surface area (Å²) in [6, 6.07) is 21.2. The molecule has 113 valence electrons. The minimum Gasteiger partial charge on any atom is -0.412 e. The Morgan fingerprint density at radius 1 is 0.952 bits per heavy atom. The molecular formula is C16H22ClO2Sn2. The van der Waals surface area contributed by atoms with Gasteiger partial charge in [-0.15, -0.1) is 0 Å². The third-order valence-corrected chi connectivity index (χ3v) is 33.3. The molecule has 0 heterocycles. The van der Waals surface area contributed by atoms with Crippen molar-refractivity contribution in [2.24, 2.45) is 0 Å². The molecule has 0 aliphatic rings. The molecule has 0 bridgehead atoms. The van der Waals surface area contributed by atoms with Crippen LogP contribution in [0.4, 0.5) is 0 Å². The van der Waals surface area contributed by atoms with E-state index in [0.717, 1.165) is 8.87 Å². The summed E-state index contributed by atoms with van der Waals surface area (Å²) in [4.78, 5) is 0. The molecule has 2 aromatic rings. The first kappa shape index (κ1) is 19.3. The van der Waals surface area contributed by atoms with Gasteiger partial charge in [0.1, 0.15) is 0 Å². The van der Waals surface area contributed by atoms with Crippen LogP contribution in [0.1, 0.15) is 13.8 Å². The van der Waals surface area contributed by atoms with Gasteiger partial charge in [0.2, 0.25) is 0 Å². The standard InChI is InChI=1S/2C6H5.2C2H5.ClH.H2O.O.2Sn/c2*1-2-4-6-5-3-1;2*1-2;;;;;/h2*1-5H;2*1H2,2H3;1H;1H2;;;/q;;;;;;;;+1/p-1. The molecule has 0 amide bonds. The molecule has 0 spiro atoms. The number of halogens is 1. The van der Waals surface area contributed by atoms with E-state index in [1.54, 1.807) is 0 Å². The van der Waals surface area contributed by atoms with Crippen molar-refractivity contribution in [3.63, 3.8) is 0 Å². The van der Waals surface area contributed by atoms with Crippen LogP contribution in [0.25, 0.3) is 0 Å². The van der Waals surface area contributed by atoms with Gasteiger partial charge in [-0.2, -0.15) is 0 Å². The zero-order valence-electron chi connectivity index (χ0n) is 12.5. The van der Waals surface area contributed by atoms with Crippen LogP contribution in [0.5, 0.6) is 0 Å². The van der Waals surface area contributed by atoms with Crippen molar-refractivity contribution in [2.75, 3.05) is 0 Å². The minimum atomic E-state index is -3.14. The normalized spacial score (nSPS) is 13.5. The second-order valence-electron chi connectivity index (χ2n) is 4.69. The number of rotatable bonds is 6. The van der Waals surface area contributed by atoms with Gasteiger partial charge in [0.15, 0.2) is 0 Å². The first-order valence-corrected chi connectivity index (χ1v) is 19.9. The Hall–Kier alpha value is 0.247. The third kappa shape index (κ3) is 5.13. The van der Waals surface area contributed by atoms with Crippen LogP contribution in [0.15, 0.2) is 60.7 Å². The SMILES string of the molecule is C[CH2][Sn]([O][Sn]([Cl])([CH2]C)[c]1ccccc1)[c]1ccccc1.O. The zero-order valence-corrected chi connectivity index (χ0v) is 18.9. The summed E-state index contributed by atoms with van der Waals surface area (Å²) in [6.45, 7) is 4.42. The maximum Gasteiger partial charge on any atom is -0.412 e. The fourth-order valence-corrected chi connectivity index (χ4v) is 33.3. The molecule has 2 aromatic carbocycles. The quantitative estimate of drug-likeness (QED) is 0.542.